The second-order valence-electron chi connectivity index (χ2n) is 4.75. The first-order valence-corrected chi connectivity index (χ1v) is 6.37. The number of aliphatic carboxylic acids is 1. The molecule has 1 aromatic rings. The zero-order valence-electron chi connectivity index (χ0n) is 11.9. The van der Waals surface area contributed by atoms with Gasteiger partial charge in [-0.05, 0) is 19.8 Å². The molecule has 6 nitrogen and oxygen atoms in total. The van der Waals surface area contributed by atoms with Crippen LogP contribution < -0.4 is 5.32 Å². The molecule has 0 aliphatic rings. The molecule has 1 atom stereocenters. The average molecular weight is 267 g/mol. The summed E-state index contributed by atoms with van der Waals surface area (Å²) in [6, 6.07) is 0. The Kier molecular flexibility index (Phi) is 5.09. The molecule has 1 heterocycles. The highest BCUT2D eigenvalue weighted by atomic mass is 16.4. The van der Waals surface area contributed by atoms with Gasteiger partial charge in [0, 0.05) is 25.7 Å². The minimum atomic E-state index is -0.838. The Morgan fingerprint density at radius 3 is 2.47 bits per heavy atom. The van der Waals surface area contributed by atoms with E-state index in [-0.39, 0.29) is 18.2 Å². The first-order chi connectivity index (χ1) is 8.86. The number of hydrogen-bond acceptors (Lipinski definition) is 3. The standard InChI is InChI=1S/C13H21N3O3/c1-5-10(6-11(17)18)7-14-13(19)12-8(2)15-16(4)9(12)3/h10H,5-7H2,1-4H3,(H,14,19)(H,17,18). The second-order valence-corrected chi connectivity index (χ2v) is 4.75. The van der Waals surface area contributed by atoms with Crippen molar-refractivity contribution in [3.05, 3.63) is 17.0 Å². The molecule has 0 saturated heterocycles. The van der Waals surface area contributed by atoms with E-state index >= 15 is 0 Å². The molecule has 0 spiro atoms. The van der Waals surface area contributed by atoms with Crippen LogP contribution in [0.2, 0.25) is 0 Å². The summed E-state index contributed by atoms with van der Waals surface area (Å²) in [5.74, 6) is -1.07. The number of carbonyl (C=O) groups excluding carboxylic acids is 1. The van der Waals surface area contributed by atoms with Gasteiger partial charge < -0.3 is 10.4 Å². The molecule has 106 valence electrons. The quantitative estimate of drug-likeness (QED) is 0.813. The Bertz CT molecular complexity index is 480. The van der Waals surface area contributed by atoms with Gasteiger partial charge in [-0.1, -0.05) is 13.3 Å². The summed E-state index contributed by atoms with van der Waals surface area (Å²) < 4.78 is 1.67. The zero-order chi connectivity index (χ0) is 14.6. The summed E-state index contributed by atoms with van der Waals surface area (Å²) in [4.78, 5) is 22.8. The number of rotatable bonds is 6. The van der Waals surface area contributed by atoms with Crippen LogP contribution >= 0.6 is 0 Å². The molecule has 19 heavy (non-hydrogen) atoms. The maximum atomic E-state index is 12.1. The van der Waals surface area contributed by atoms with Gasteiger partial charge in [-0.25, -0.2) is 0 Å². The molecule has 0 aliphatic carbocycles. The third-order valence-corrected chi connectivity index (χ3v) is 3.33. The van der Waals surface area contributed by atoms with Crippen LogP contribution in [-0.4, -0.2) is 33.3 Å². The number of nitrogens with zero attached hydrogens (tertiary/aromatic N) is 2. The van der Waals surface area contributed by atoms with Gasteiger partial charge in [-0.15, -0.1) is 0 Å². The number of carbonyl (C=O) groups is 2. The number of carboxylic acids is 1. The highest BCUT2D eigenvalue weighted by Gasteiger charge is 2.18. The predicted octanol–water partition coefficient (Wildman–Crippen LogP) is 1.27. The van der Waals surface area contributed by atoms with Crippen molar-refractivity contribution < 1.29 is 14.7 Å². The predicted molar refractivity (Wildman–Crippen MR) is 71.0 cm³/mol. The third-order valence-electron chi connectivity index (χ3n) is 3.33. The minimum absolute atomic E-state index is 0.0428. The van der Waals surface area contributed by atoms with Crippen molar-refractivity contribution in [2.45, 2.75) is 33.6 Å². The Hall–Kier alpha value is -1.85. The largest absolute Gasteiger partial charge is 0.481 e. The fourth-order valence-electron chi connectivity index (χ4n) is 2.04. The molecule has 6 heteroatoms. The lowest BCUT2D eigenvalue weighted by molar-refractivity contribution is -0.138. The SMILES string of the molecule is CCC(CNC(=O)c1c(C)nn(C)c1C)CC(=O)O. The van der Waals surface area contributed by atoms with Crippen molar-refractivity contribution in [2.75, 3.05) is 6.54 Å². The van der Waals surface area contributed by atoms with E-state index in [4.69, 9.17) is 5.11 Å². The van der Waals surface area contributed by atoms with E-state index in [0.29, 0.717) is 17.8 Å². The molecule has 1 aromatic heterocycles. The van der Waals surface area contributed by atoms with Crippen molar-refractivity contribution >= 4 is 11.9 Å². The summed E-state index contributed by atoms with van der Waals surface area (Å²) in [6.45, 7) is 5.91. The summed E-state index contributed by atoms with van der Waals surface area (Å²) in [7, 11) is 1.79. The molecule has 2 N–H and O–H groups in total. The van der Waals surface area contributed by atoms with Crippen LogP contribution in [0, 0.1) is 19.8 Å². The van der Waals surface area contributed by atoms with Crippen LogP contribution in [0.15, 0.2) is 0 Å². The van der Waals surface area contributed by atoms with Crippen LogP contribution in [0.4, 0.5) is 0 Å². The van der Waals surface area contributed by atoms with Crippen LogP contribution in [-0.2, 0) is 11.8 Å². The number of amides is 1. The van der Waals surface area contributed by atoms with Gasteiger partial charge in [0.2, 0.25) is 0 Å². The minimum Gasteiger partial charge on any atom is -0.481 e. The van der Waals surface area contributed by atoms with Crippen LogP contribution in [0.5, 0.6) is 0 Å². The van der Waals surface area contributed by atoms with Gasteiger partial charge >= 0.3 is 5.97 Å². The fourth-order valence-corrected chi connectivity index (χ4v) is 2.04. The lowest BCUT2D eigenvalue weighted by Gasteiger charge is -2.13. The average Bonchev–Trinajstić information content (AvgIpc) is 2.58. The maximum absolute atomic E-state index is 12.1. The van der Waals surface area contributed by atoms with E-state index < -0.39 is 5.97 Å². The number of carboxylic acid groups (broad SMARTS) is 1. The molecule has 1 unspecified atom stereocenters. The lowest BCUT2D eigenvalue weighted by Crippen LogP contribution is -2.30. The van der Waals surface area contributed by atoms with Crippen LogP contribution in [0.25, 0.3) is 0 Å². The highest BCUT2D eigenvalue weighted by molar-refractivity contribution is 5.96. The number of nitrogens with one attached hydrogen (secondary N) is 1. The Labute approximate surface area is 112 Å². The Balaban J connectivity index is 2.67. The molecular weight excluding hydrogens is 246 g/mol. The molecule has 0 bridgehead atoms. The van der Waals surface area contributed by atoms with E-state index in [1.165, 1.54) is 0 Å². The Morgan fingerprint density at radius 1 is 1.42 bits per heavy atom. The summed E-state index contributed by atoms with van der Waals surface area (Å²) >= 11 is 0. The molecule has 0 fully saturated rings. The normalized spacial score (nSPS) is 12.2. The molecular formula is C13H21N3O3. The number of aromatic nitrogens is 2. The van der Waals surface area contributed by atoms with Gasteiger partial charge in [0.1, 0.15) is 0 Å². The first-order valence-electron chi connectivity index (χ1n) is 6.37. The van der Waals surface area contributed by atoms with Gasteiger partial charge in [-0.2, -0.15) is 5.10 Å². The monoisotopic (exact) mass is 267 g/mol. The molecule has 1 amide bonds. The molecule has 0 aliphatic heterocycles. The highest BCUT2D eigenvalue weighted by Crippen LogP contribution is 2.12. The topological polar surface area (TPSA) is 84.2 Å². The fraction of sp³-hybridized carbons (Fsp3) is 0.615. The van der Waals surface area contributed by atoms with E-state index in [2.05, 4.69) is 10.4 Å². The number of hydrogen-bond donors (Lipinski definition) is 2. The smallest absolute Gasteiger partial charge is 0.303 e. The van der Waals surface area contributed by atoms with Gasteiger partial charge in [0.05, 0.1) is 11.3 Å². The van der Waals surface area contributed by atoms with Crippen LogP contribution in [0.3, 0.4) is 0 Å². The van der Waals surface area contributed by atoms with Crippen molar-refractivity contribution in [2.24, 2.45) is 13.0 Å². The summed E-state index contributed by atoms with van der Waals surface area (Å²) in [6.07, 6.45) is 0.791. The second kappa shape index (κ2) is 6.36. The van der Waals surface area contributed by atoms with E-state index in [9.17, 15) is 9.59 Å². The molecule has 0 aromatic carbocycles. The molecule has 0 saturated carbocycles. The number of aryl methyl sites for hydroxylation is 2. The van der Waals surface area contributed by atoms with Gasteiger partial charge in [0.15, 0.2) is 0 Å². The molecule has 0 radical (unpaired) electrons. The zero-order valence-corrected chi connectivity index (χ0v) is 11.9. The van der Waals surface area contributed by atoms with Gasteiger partial charge in [-0.3, -0.25) is 14.3 Å². The summed E-state index contributed by atoms with van der Waals surface area (Å²) in [5, 5.41) is 15.7. The van der Waals surface area contributed by atoms with Gasteiger partial charge in [0.25, 0.3) is 5.91 Å². The van der Waals surface area contributed by atoms with E-state index in [0.717, 1.165) is 12.1 Å². The van der Waals surface area contributed by atoms with Crippen molar-refractivity contribution in [3.63, 3.8) is 0 Å². The van der Waals surface area contributed by atoms with E-state index in [1.807, 2.05) is 13.8 Å². The van der Waals surface area contributed by atoms with Crippen molar-refractivity contribution in [1.29, 1.82) is 0 Å². The lowest BCUT2D eigenvalue weighted by atomic mass is 10.0. The van der Waals surface area contributed by atoms with Crippen LogP contribution in [0.1, 0.15) is 41.5 Å². The first kappa shape index (κ1) is 15.2. The Morgan fingerprint density at radius 2 is 2.05 bits per heavy atom. The van der Waals surface area contributed by atoms with Crippen molar-refractivity contribution in [3.8, 4) is 0 Å². The third kappa shape index (κ3) is 3.81. The summed E-state index contributed by atoms with van der Waals surface area (Å²) in [5.41, 5.74) is 2.07. The van der Waals surface area contributed by atoms with E-state index in [1.54, 1.807) is 18.7 Å². The van der Waals surface area contributed by atoms with Crippen molar-refractivity contribution in [1.82, 2.24) is 15.1 Å². The maximum Gasteiger partial charge on any atom is 0.303 e. The molecule has 1 rings (SSSR count).